The summed E-state index contributed by atoms with van der Waals surface area (Å²) < 4.78 is 61.7. The van der Waals surface area contributed by atoms with Crippen molar-refractivity contribution in [2.75, 3.05) is 41.8 Å². The highest BCUT2D eigenvalue weighted by atomic mass is 19.2. The molecule has 3 aromatic carbocycles. The molecule has 2 amide bonds. The molecule has 0 bridgehead atoms. The average Bonchev–Trinajstić information content (AvgIpc) is 2.92. The van der Waals surface area contributed by atoms with Crippen molar-refractivity contribution in [3.05, 3.63) is 89.1 Å². The van der Waals surface area contributed by atoms with Crippen LogP contribution in [-0.4, -0.2) is 48.1 Å². The molecule has 1 saturated heterocycles. The Balaban J connectivity index is 1.40. The molecule has 4 aromatic rings. The number of rotatable bonds is 5. The van der Waals surface area contributed by atoms with Crippen LogP contribution in [0.15, 0.2) is 54.7 Å². The van der Waals surface area contributed by atoms with Gasteiger partial charge in [-0.2, -0.15) is 0 Å². The van der Waals surface area contributed by atoms with E-state index in [4.69, 9.17) is 4.74 Å². The Morgan fingerprint density at radius 2 is 1.61 bits per heavy atom. The number of carbonyl (C=O) groups is 2. The van der Waals surface area contributed by atoms with E-state index in [1.807, 2.05) is 4.90 Å². The Hall–Kier alpha value is -4.58. The van der Waals surface area contributed by atoms with Crippen molar-refractivity contribution in [1.29, 1.82) is 0 Å². The van der Waals surface area contributed by atoms with Gasteiger partial charge in [-0.05, 0) is 42.5 Å². The number of anilines is 3. The molecule has 0 atom stereocenters. The molecule has 38 heavy (non-hydrogen) atoms. The number of halogens is 4. The zero-order valence-corrected chi connectivity index (χ0v) is 19.6. The molecule has 1 aliphatic rings. The van der Waals surface area contributed by atoms with Gasteiger partial charge in [0.15, 0.2) is 23.2 Å². The zero-order chi connectivity index (χ0) is 26.8. The van der Waals surface area contributed by atoms with Gasteiger partial charge in [0.1, 0.15) is 11.6 Å². The zero-order valence-electron chi connectivity index (χ0n) is 19.6. The van der Waals surface area contributed by atoms with Gasteiger partial charge < -0.3 is 20.3 Å². The summed E-state index contributed by atoms with van der Waals surface area (Å²) in [5.74, 6) is -5.12. The molecule has 0 saturated carbocycles. The molecular weight excluding hydrogens is 506 g/mol. The maximum absolute atomic E-state index is 15.2. The standard InChI is InChI=1S/C26H19F4N5O3/c27-16-3-2-15(12-18(16)29)32-26(37)34-20-6-4-17(28)23(24(20)30)25(36)14-1-5-19-21(11-14)33-22(13-31-19)35-7-9-38-10-8-35/h1-6,11-13H,7-10H2,(H2,32,34,37). The number of aromatic nitrogens is 2. The summed E-state index contributed by atoms with van der Waals surface area (Å²) in [7, 11) is 0. The van der Waals surface area contributed by atoms with Gasteiger partial charge in [-0.3, -0.25) is 9.78 Å². The summed E-state index contributed by atoms with van der Waals surface area (Å²) in [6, 6.07) is 7.68. The number of urea groups is 1. The largest absolute Gasteiger partial charge is 0.378 e. The van der Waals surface area contributed by atoms with E-state index in [-0.39, 0.29) is 11.3 Å². The van der Waals surface area contributed by atoms with Gasteiger partial charge in [-0.15, -0.1) is 0 Å². The molecule has 0 aliphatic carbocycles. The third kappa shape index (κ3) is 5.11. The third-order valence-corrected chi connectivity index (χ3v) is 5.87. The summed E-state index contributed by atoms with van der Waals surface area (Å²) in [5, 5.41) is 4.35. The normalized spacial score (nSPS) is 13.4. The van der Waals surface area contributed by atoms with Crippen molar-refractivity contribution >= 4 is 40.0 Å². The summed E-state index contributed by atoms with van der Waals surface area (Å²) in [6.07, 6.45) is 1.61. The topological polar surface area (TPSA) is 96.5 Å². The van der Waals surface area contributed by atoms with Gasteiger partial charge in [0.2, 0.25) is 0 Å². The van der Waals surface area contributed by atoms with Crippen molar-refractivity contribution in [2.45, 2.75) is 0 Å². The third-order valence-electron chi connectivity index (χ3n) is 5.87. The second kappa shape index (κ2) is 10.4. The van der Waals surface area contributed by atoms with E-state index in [1.54, 1.807) is 6.20 Å². The van der Waals surface area contributed by atoms with Crippen LogP contribution in [-0.2, 0) is 4.74 Å². The lowest BCUT2D eigenvalue weighted by atomic mass is 10.0. The Labute approximate surface area is 213 Å². The van der Waals surface area contributed by atoms with Crippen LogP contribution in [0.1, 0.15) is 15.9 Å². The number of ketones is 1. The van der Waals surface area contributed by atoms with E-state index in [2.05, 4.69) is 20.6 Å². The Morgan fingerprint density at radius 1 is 0.842 bits per heavy atom. The number of nitrogens with zero attached hydrogens (tertiary/aromatic N) is 3. The number of hydrogen-bond donors (Lipinski definition) is 2. The van der Waals surface area contributed by atoms with Crippen LogP contribution in [0.3, 0.4) is 0 Å². The molecule has 2 heterocycles. The number of morpholine rings is 1. The van der Waals surface area contributed by atoms with Crippen LogP contribution < -0.4 is 15.5 Å². The first-order valence-electron chi connectivity index (χ1n) is 11.5. The first-order valence-corrected chi connectivity index (χ1v) is 11.5. The van der Waals surface area contributed by atoms with E-state index in [0.29, 0.717) is 43.2 Å². The minimum atomic E-state index is -1.30. The van der Waals surface area contributed by atoms with Crippen LogP contribution in [0.2, 0.25) is 0 Å². The number of benzene rings is 3. The van der Waals surface area contributed by atoms with Gasteiger partial charge in [-0.1, -0.05) is 0 Å². The molecule has 1 fully saturated rings. The summed E-state index contributed by atoms with van der Waals surface area (Å²) in [4.78, 5) is 36.3. The van der Waals surface area contributed by atoms with Crippen LogP contribution in [0.5, 0.6) is 0 Å². The van der Waals surface area contributed by atoms with Gasteiger partial charge in [0.25, 0.3) is 0 Å². The number of ether oxygens (including phenoxy) is 1. The highest BCUT2D eigenvalue weighted by Gasteiger charge is 2.24. The Bertz CT molecular complexity index is 1560. The van der Waals surface area contributed by atoms with Crippen molar-refractivity contribution in [1.82, 2.24) is 9.97 Å². The highest BCUT2D eigenvalue weighted by Crippen LogP contribution is 2.26. The predicted octanol–water partition coefficient (Wildman–Crippen LogP) is 4.90. The minimum absolute atomic E-state index is 0.0351. The van der Waals surface area contributed by atoms with Gasteiger partial charge in [-0.25, -0.2) is 27.3 Å². The van der Waals surface area contributed by atoms with E-state index in [0.717, 1.165) is 30.3 Å². The maximum atomic E-state index is 15.2. The number of amides is 2. The number of hydrogen-bond acceptors (Lipinski definition) is 6. The SMILES string of the molecule is O=C(Nc1ccc(F)c(F)c1)Nc1ccc(F)c(C(=O)c2ccc3ncc(N4CCOCC4)nc3c2)c1F. The fourth-order valence-corrected chi connectivity index (χ4v) is 3.95. The Morgan fingerprint density at radius 3 is 2.37 bits per heavy atom. The lowest BCUT2D eigenvalue weighted by molar-refractivity contribution is 0.103. The molecule has 0 unspecified atom stereocenters. The van der Waals surface area contributed by atoms with Crippen molar-refractivity contribution in [3.63, 3.8) is 0 Å². The number of fused-ring (bicyclic) bond motifs is 1. The van der Waals surface area contributed by atoms with E-state index in [1.165, 1.54) is 18.2 Å². The second-order valence-electron chi connectivity index (χ2n) is 8.35. The van der Waals surface area contributed by atoms with E-state index >= 15 is 4.39 Å². The Kier molecular flexibility index (Phi) is 6.88. The molecule has 1 aromatic heterocycles. The van der Waals surface area contributed by atoms with Crippen LogP contribution in [0.25, 0.3) is 11.0 Å². The molecule has 12 heteroatoms. The van der Waals surface area contributed by atoms with E-state index in [9.17, 15) is 22.8 Å². The van der Waals surface area contributed by atoms with E-state index < -0.39 is 46.3 Å². The van der Waals surface area contributed by atoms with Crippen LogP contribution in [0.4, 0.5) is 39.5 Å². The maximum Gasteiger partial charge on any atom is 0.323 e. The van der Waals surface area contributed by atoms with Crippen molar-refractivity contribution in [3.8, 4) is 0 Å². The minimum Gasteiger partial charge on any atom is -0.378 e. The smallest absolute Gasteiger partial charge is 0.323 e. The quantitative estimate of drug-likeness (QED) is 0.284. The lowest BCUT2D eigenvalue weighted by Crippen LogP contribution is -2.36. The molecule has 0 radical (unpaired) electrons. The van der Waals surface area contributed by atoms with Crippen molar-refractivity contribution < 1.29 is 31.9 Å². The molecule has 194 valence electrons. The lowest BCUT2D eigenvalue weighted by Gasteiger charge is -2.27. The monoisotopic (exact) mass is 525 g/mol. The number of carbonyl (C=O) groups excluding carboxylic acids is 2. The van der Waals surface area contributed by atoms with Gasteiger partial charge >= 0.3 is 6.03 Å². The molecule has 1 aliphatic heterocycles. The molecule has 5 rings (SSSR count). The van der Waals surface area contributed by atoms with Gasteiger partial charge in [0.05, 0.1) is 41.7 Å². The summed E-state index contributed by atoms with van der Waals surface area (Å²) >= 11 is 0. The molecular formula is C26H19F4N5O3. The molecule has 8 nitrogen and oxygen atoms in total. The first-order chi connectivity index (χ1) is 18.3. The van der Waals surface area contributed by atoms with Crippen molar-refractivity contribution in [2.24, 2.45) is 0 Å². The predicted molar refractivity (Wildman–Crippen MR) is 131 cm³/mol. The average molecular weight is 525 g/mol. The van der Waals surface area contributed by atoms with Crippen LogP contribution >= 0.6 is 0 Å². The fourth-order valence-electron chi connectivity index (χ4n) is 3.95. The highest BCUT2D eigenvalue weighted by molar-refractivity contribution is 6.11. The summed E-state index contributed by atoms with van der Waals surface area (Å²) in [6.45, 7) is 2.33. The first kappa shape index (κ1) is 25.1. The number of nitrogens with one attached hydrogen (secondary N) is 2. The summed E-state index contributed by atoms with van der Waals surface area (Å²) in [5.41, 5.74) is -0.664. The molecule has 0 spiro atoms. The second-order valence-corrected chi connectivity index (χ2v) is 8.35. The molecule has 2 N–H and O–H groups in total. The fraction of sp³-hybridized carbons (Fsp3) is 0.154. The van der Waals surface area contributed by atoms with Gasteiger partial charge in [0, 0.05) is 30.4 Å². The van der Waals surface area contributed by atoms with Crippen LogP contribution in [0, 0.1) is 23.3 Å².